The minimum absolute atomic E-state index is 0.0682. The van der Waals surface area contributed by atoms with Gasteiger partial charge >= 0.3 is 5.97 Å². The van der Waals surface area contributed by atoms with E-state index >= 15 is 0 Å². The van der Waals surface area contributed by atoms with E-state index in [0.29, 0.717) is 16.7 Å². The van der Waals surface area contributed by atoms with Gasteiger partial charge < -0.3 is 35.4 Å². The molecule has 0 saturated carbocycles. The molecular weight excluding hydrogens is 520 g/mol. The van der Waals surface area contributed by atoms with Crippen molar-refractivity contribution in [2.24, 2.45) is 5.41 Å². The average Bonchev–Trinajstić information content (AvgIpc) is 3.41. The molecule has 1 heterocycles. The first-order valence-electron chi connectivity index (χ1n) is 12.6. The van der Waals surface area contributed by atoms with Crippen molar-refractivity contribution in [2.45, 2.75) is 37.6 Å². The second-order valence-electron chi connectivity index (χ2n) is 10.9. The molecule has 10 nitrogen and oxygen atoms in total. The number of hydrogen-bond acceptors (Lipinski definition) is 10. The monoisotopic (exact) mass is 542 g/mol. The van der Waals surface area contributed by atoms with E-state index < -0.39 is 75.6 Å². The molecule has 4 aliphatic rings. The highest BCUT2D eigenvalue weighted by Gasteiger charge is 2.63. The Bertz CT molecular complexity index is 1770. The molecule has 0 saturated heterocycles. The van der Waals surface area contributed by atoms with Gasteiger partial charge in [-0.1, -0.05) is 18.2 Å². The molecule has 10 heteroatoms. The van der Waals surface area contributed by atoms with Crippen molar-refractivity contribution in [3.63, 3.8) is 0 Å². The van der Waals surface area contributed by atoms with Gasteiger partial charge in [-0.05, 0) is 54.3 Å². The van der Waals surface area contributed by atoms with Gasteiger partial charge in [-0.15, -0.1) is 0 Å². The largest absolute Gasteiger partial charge is 0.507 e. The Labute approximate surface area is 226 Å². The summed E-state index contributed by atoms with van der Waals surface area (Å²) in [6.07, 6.45) is -1.25. The van der Waals surface area contributed by atoms with Crippen LogP contribution in [0.2, 0.25) is 0 Å². The Morgan fingerprint density at radius 1 is 0.775 bits per heavy atom. The van der Waals surface area contributed by atoms with E-state index in [2.05, 4.69) is 0 Å². The summed E-state index contributed by atoms with van der Waals surface area (Å²) in [4.78, 5) is 40.4. The Morgan fingerprint density at radius 2 is 1.38 bits per heavy atom. The van der Waals surface area contributed by atoms with Crippen LogP contribution in [0, 0.1) is 12.3 Å². The second kappa shape index (κ2) is 7.71. The van der Waals surface area contributed by atoms with Gasteiger partial charge in [0.1, 0.15) is 34.7 Å². The van der Waals surface area contributed by atoms with Gasteiger partial charge in [0.2, 0.25) is 5.78 Å². The summed E-state index contributed by atoms with van der Waals surface area (Å²) >= 11 is 0. The molecule has 3 aromatic carbocycles. The maximum Gasteiger partial charge on any atom is 0.342 e. The first kappa shape index (κ1) is 24.4. The van der Waals surface area contributed by atoms with E-state index in [1.807, 2.05) is 0 Å². The van der Waals surface area contributed by atoms with Crippen molar-refractivity contribution < 1.29 is 49.8 Å². The Morgan fingerprint density at radius 3 is 2.05 bits per heavy atom. The number of aromatic hydroxyl groups is 4. The summed E-state index contributed by atoms with van der Waals surface area (Å²) in [5, 5.41) is 64.8. The first-order valence-corrected chi connectivity index (χ1v) is 12.6. The van der Waals surface area contributed by atoms with Crippen molar-refractivity contribution in [3.05, 3.63) is 92.6 Å². The molecule has 202 valence electrons. The SMILES string of the molecule is Cc1cc(O)c2c(c1)C(C13Cc4cc(O)c5c(c4[C@H]1C=C[C@@H](O)[C@H]3O)C(=O)c1c(O)ccc(O)c1C5=O)OC2=O. The van der Waals surface area contributed by atoms with Gasteiger partial charge in [0.15, 0.2) is 5.78 Å². The Hall–Kier alpha value is -4.67. The van der Waals surface area contributed by atoms with E-state index in [1.165, 1.54) is 18.2 Å². The number of aliphatic hydroxyl groups excluding tert-OH is 2. The number of aryl methyl sites for hydroxylation is 1. The number of allylic oxidation sites excluding steroid dienone is 1. The van der Waals surface area contributed by atoms with E-state index in [9.17, 15) is 45.0 Å². The number of carbonyl (C=O) groups excluding carboxylic acids is 3. The zero-order chi connectivity index (χ0) is 28.4. The van der Waals surface area contributed by atoms with E-state index in [4.69, 9.17) is 4.74 Å². The molecule has 1 aliphatic heterocycles. The predicted molar refractivity (Wildman–Crippen MR) is 136 cm³/mol. The third-order valence-corrected chi connectivity index (χ3v) is 8.76. The van der Waals surface area contributed by atoms with Gasteiger partial charge in [-0.3, -0.25) is 9.59 Å². The van der Waals surface area contributed by atoms with Crippen molar-refractivity contribution in [1.82, 2.24) is 0 Å². The number of ether oxygens (including phenoxy) is 1. The van der Waals surface area contributed by atoms with Crippen LogP contribution in [0.1, 0.15) is 76.5 Å². The van der Waals surface area contributed by atoms with Crippen molar-refractivity contribution >= 4 is 17.5 Å². The Kier molecular flexibility index (Phi) is 4.70. The summed E-state index contributed by atoms with van der Waals surface area (Å²) in [5.74, 6) is -5.30. The van der Waals surface area contributed by atoms with Gasteiger partial charge in [0.05, 0.1) is 34.3 Å². The standard InChI is InChI=1S/C30H22O10/c1-10-6-12-20(17(34)7-10)29(39)40-28(12)30-9-11-8-18(35)23-24(19(11)13(30)2-3-16(33)27(30)38)26(37)22-15(32)5-4-14(31)21(22)25(23)36/h2-8,13,16,27-28,31-35,38H,9H2,1H3/t13-,16-,27-,28?,30?/m1/s1. The van der Waals surface area contributed by atoms with Gasteiger partial charge in [0, 0.05) is 17.0 Å². The molecule has 7 rings (SSSR count). The summed E-state index contributed by atoms with van der Waals surface area (Å²) < 4.78 is 5.78. The highest BCUT2D eigenvalue weighted by Crippen LogP contribution is 2.64. The number of cyclic esters (lactones) is 1. The van der Waals surface area contributed by atoms with Crippen LogP contribution in [-0.4, -0.2) is 60.4 Å². The number of aliphatic hydroxyl groups is 2. The number of benzene rings is 3. The highest BCUT2D eigenvalue weighted by atomic mass is 16.6. The summed E-state index contributed by atoms with van der Waals surface area (Å²) in [6.45, 7) is 1.71. The zero-order valence-corrected chi connectivity index (χ0v) is 20.9. The normalized spacial score (nSPS) is 27.5. The molecule has 0 spiro atoms. The summed E-state index contributed by atoms with van der Waals surface area (Å²) in [5.41, 5.74) is -1.43. The number of rotatable bonds is 1. The van der Waals surface area contributed by atoms with Gasteiger partial charge in [0.25, 0.3) is 0 Å². The van der Waals surface area contributed by atoms with Crippen LogP contribution in [0.4, 0.5) is 0 Å². The molecule has 40 heavy (non-hydrogen) atoms. The molecule has 0 fully saturated rings. The average molecular weight is 542 g/mol. The lowest BCUT2D eigenvalue weighted by atomic mass is 9.61. The molecule has 0 amide bonds. The molecule has 6 N–H and O–H groups in total. The lowest BCUT2D eigenvalue weighted by Crippen LogP contribution is -2.51. The number of esters is 1. The van der Waals surface area contributed by atoms with E-state index in [1.54, 1.807) is 19.1 Å². The van der Waals surface area contributed by atoms with Crippen LogP contribution in [-0.2, 0) is 11.2 Å². The number of ketones is 2. The maximum absolute atomic E-state index is 13.9. The lowest BCUT2D eigenvalue weighted by molar-refractivity contribution is -0.118. The predicted octanol–water partition coefficient (Wildman–Crippen LogP) is 2.42. The zero-order valence-electron chi connectivity index (χ0n) is 20.9. The van der Waals surface area contributed by atoms with Crippen LogP contribution >= 0.6 is 0 Å². The van der Waals surface area contributed by atoms with Crippen molar-refractivity contribution in [3.8, 4) is 23.0 Å². The topological polar surface area (TPSA) is 182 Å². The molecule has 0 radical (unpaired) electrons. The molecule has 0 bridgehead atoms. The Balaban J connectivity index is 1.51. The van der Waals surface area contributed by atoms with Crippen LogP contribution in [0.15, 0.2) is 42.5 Å². The van der Waals surface area contributed by atoms with Crippen molar-refractivity contribution in [2.75, 3.05) is 0 Å². The number of phenols is 4. The van der Waals surface area contributed by atoms with Crippen LogP contribution in [0.5, 0.6) is 23.0 Å². The fourth-order valence-electron chi connectivity index (χ4n) is 7.18. The van der Waals surface area contributed by atoms with Crippen LogP contribution in [0.25, 0.3) is 0 Å². The molecule has 0 aromatic heterocycles. The second-order valence-corrected chi connectivity index (χ2v) is 10.9. The molecular formula is C30H22O10. The first-order chi connectivity index (χ1) is 19.0. The fourth-order valence-corrected chi connectivity index (χ4v) is 7.18. The quantitative estimate of drug-likeness (QED) is 0.119. The van der Waals surface area contributed by atoms with Crippen LogP contribution in [0.3, 0.4) is 0 Å². The van der Waals surface area contributed by atoms with Gasteiger partial charge in [-0.25, -0.2) is 4.79 Å². The highest BCUT2D eigenvalue weighted by molar-refractivity contribution is 6.31. The smallest absolute Gasteiger partial charge is 0.342 e. The molecule has 3 aromatic rings. The van der Waals surface area contributed by atoms with E-state index in [-0.39, 0.29) is 34.4 Å². The minimum Gasteiger partial charge on any atom is -0.507 e. The maximum atomic E-state index is 13.9. The fraction of sp³-hybridized carbons (Fsp3) is 0.233. The minimum atomic E-state index is -1.53. The number of hydrogen-bond donors (Lipinski definition) is 6. The molecule has 2 unspecified atom stereocenters. The van der Waals surface area contributed by atoms with Gasteiger partial charge in [-0.2, -0.15) is 0 Å². The summed E-state index contributed by atoms with van der Waals surface area (Å²) in [7, 11) is 0. The lowest BCUT2D eigenvalue weighted by Gasteiger charge is -2.46. The molecule has 3 aliphatic carbocycles. The summed E-state index contributed by atoms with van der Waals surface area (Å²) in [6, 6.07) is 6.51. The third kappa shape index (κ3) is 2.76. The molecule has 5 atom stereocenters. The number of fused-ring (bicyclic) bond motifs is 7. The third-order valence-electron chi connectivity index (χ3n) is 8.76. The van der Waals surface area contributed by atoms with E-state index in [0.717, 1.165) is 12.1 Å². The van der Waals surface area contributed by atoms with Crippen LogP contribution < -0.4 is 0 Å². The van der Waals surface area contributed by atoms with Crippen molar-refractivity contribution in [1.29, 1.82) is 0 Å². The number of carbonyl (C=O) groups is 3. The number of phenolic OH excluding ortho intramolecular Hbond substituents is 4.